The molecule has 1 amide bonds. The van der Waals surface area contributed by atoms with Crippen molar-refractivity contribution in [2.45, 2.75) is 52.0 Å². The van der Waals surface area contributed by atoms with Gasteiger partial charge in [-0.15, -0.1) is 0 Å². The second-order valence-electron chi connectivity index (χ2n) is 10.5. The van der Waals surface area contributed by atoms with Crippen LogP contribution in [0.3, 0.4) is 0 Å². The fourth-order valence-corrected chi connectivity index (χ4v) is 5.59. The van der Waals surface area contributed by atoms with Crippen molar-refractivity contribution in [3.05, 3.63) is 23.9 Å². The Morgan fingerprint density at radius 1 is 1.03 bits per heavy atom. The van der Waals surface area contributed by atoms with Crippen molar-refractivity contribution < 1.29 is 4.79 Å². The Balaban J connectivity index is 1.25. The molecule has 0 radical (unpaired) electrons. The van der Waals surface area contributed by atoms with Crippen LogP contribution in [0, 0.1) is 11.8 Å². The van der Waals surface area contributed by atoms with Gasteiger partial charge in [0.25, 0.3) is 5.91 Å². The molecule has 2 saturated heterocycles. The number of rotatable bonds is 5. The first-order chi connectivity index (χ1) is 15.7. The van der Waals surface area contributed by atoms with Crippen LogP contribution in [0.15, 0.2) is 18.3 Å². The normalized spacial score (nSPS) is 18.5. The number of hydrogen-bond donors (Lipinski definition) is 1. The summed E-state index contributed by atoms with van der Waals surface area (Å²) in [5.74, 6) is 3.29. The zero-order valence-electron chi connectivity index (χ0n) is 20.5. The Bertz CT molecular complexity index is 921. The molecule has 4 heterocycles. The molecule has 0 unspecified atom stereocenters. The topological polar surface area (TPSA) is 77.5 Å². The van der Waals surface area contributed by atoms with Gasteiger partial charge in [0, 0.05) is 63.5 Å². The summed E-state index contributed by atoms with van der Waals surface area (Å²) >= 11 is 1.51. The van der Waals surface area contributed by atoms with E-state index in [0.717, 1.165) is 54.9 Å². The van der Waals surface area contributed by atoms with E-state index in [2.05, 4.69) is 29.5 Å². The minimum Gasteiger partial charge on any atom is -0.357 e. The summed E-state index contributed by atoms with van der Waals surface area (Å²) < 4.78 is 4.45. The van der Waals surface area contributed by atoms with E-state index in [0.29, 0.717) is 5.56 Å². The van der Waals surface area contributed by atoms with Crippen LogP contribution in [0.4, 0.5) is 16.9 Å². The number of hydrogen-bond acceptors (Lipinski definition) is 8. The number of nitrogens with zero attached hydrogens (tertiary/aromatic N) is 6. The minimum atomic E-state index is -0.250. The van der Waals surface area contributed by atoms with Crippen molar-refractivity contribution in [1.29, 1.82) is 0 Å². The van der Waals surface area contributed by atoms with E-state index in [4.69, 9.17) is 0 Å². The predicted molar refractivity (Wildman–Crippen MR) is 136 cm³/mol. The average molecular weight is 472 g/mol. The number of nitrogens with one attached hydrogen (secondary N) is 1. The number of carbonyl (C=O) groups is 1. The lowest BCUT2D eigenvalue weighted by molar-refractivity contribution is 0.0919. The first kappa shape index (κ1) is 23.7. The summed E-state index contributed by atoms with van der Waals surface area (Å²) in [6.45, 7) is 10.2. The Labute approximate surface area is 201 Å². The number of carbonyl (C=O) groups excluding carboxylic acids is 1. The molecular weight excluding hydrogens is 434 g/mol. The number of piperidine rings is 2. The molecule has 2 aliphatic rings. The van der Waals surface area contributed by atoms with Gasteiger partial charge in [-0.1, -0.05) is 0 Å². The molecule has 33 heavy (non-hydrogen) atoms. The molecule has 1 N–H and O–H groups in total. The van der Waals surface area contributed by atoms with E-state index in [-0.39, 0.29) is 11.4 Å². The first-order valence-corrected chi connectivity index (χ1v) is 12.8. The molecule has 8 nitrogen and oxygen atoms in total. The zero-order chi connectivity index (χ0) is 23.6. The minimum absolute atomic E-state index is 0.0712. The van der Waals surface area contributed by atoms with Crippen molar-refractivity contribution in [2.75, 3.05) is 55.0 Å². The van der Waals surface area contributed by atoms with Crippen LogP contribution >= 0.6 is 11.5 Å². The molecule has 2 aliphatic heterocycles. The van der Waals surface area contributed by atoms with E-state index in [1.165, 1.54) is 37.2 Å². The molecule has 0 aliphatic carbocycles. The number of amides is 1. The van der Waals surface area contributed by atoms with Gasteiger partial charge in [-0.3, -0.25) is 4.79 Å². The molecular formula is C24H37N7OS. The number of pyridine rings is 1. The highest BCUT2D eigenvalue weighted by molar-refractivity contribution is 7.09. The van der Waals surface area contributed by atoms with Gasteiger partial charge in [-0.05, 0) is 70.4 Å². The van der Waals surface area contributed by atoms with Gasteiger partial charge in [-0.2, -0.15) is 9.36 Å². The quantitative estimate of drug-likeness (QED) is 0.713. The molecule has 0 spiro atoms. The summed E-state index contributed by atoms with van der Waals surface area (Å²) in [6, 6.07) is 3.88. The molecule has 0 atom stereocenters. The molecule has 2 aromatic heterocycles. The predicted octanol–water partition coefficient (Wildman–Crippen LogP) is 3.66. The lowest BCUT2D eigenvalue weighted by Gasteiger charge is -2.40. The van der Waals surface area contributed by atoms with E-state index in [9.17, 15) is 4.79 Å². The lowest BCUT2D eigenvalue weighted by Crippen LogP contribution is -2.41. The van der Waals surface area contributed by atoms with Crippen molar-refractivity contribution in [1.82, 2.24) is 19.7 Å². The lowest BCUT2D eigenvalue weighted by atomic mass is 9.79. The molecule has 180 valence electrons. The highest BCUT2D eigenvalue weighted by atomic mass is 32.1. The van der Waals surface area contributed by atoms with Crippen molar-refractivity contribution in [3.8, 4) is 0 Å². The standard InChI is InChI=1S/C24H37N7OS/c1-24(2,3)27-21(32)19-6-7-20(25-16-19)30-12-8-17(9-13-30)18-10-14-31(15-11-18)23-26-22(28-33-23)29(4)5/h6-7,16-18H,8-15H2,1-5H3,(H,27,32). The second-order valence-corrected chi connectivity index (χ2v) is 11.3. The monoisotopic (exact) mass is 471 g/mol. The largest absolute Gasteiger partial charge is 0.357 e. The van der Waals surface area contributed by atoms with Crippen LogP contribution in [0.5, 0.6) is 0 Å². The van der Waals surface area contributed by atoms with Crippen LogP contribution in [0.1, 0.15) is 56.8 Å². The Kier molecular flexibility index (Phi) is 7.07. The van der Waals surface area contributed by atoms with Crippen LogP contribution in [0.2, 0.25) is 0 Å². The van der Waals surface area contributed by atoms with Gasteiger partial charge >= 0.3 is 0 Å². The third kappa shape index (κ3) is 5.93. The van der Waals surface area contributed by atoms with E-state index < -0.39 is 0 Å². The van der Waals surface area contributed by atoms with E-state index in [1.807, 2.05) is 51.9 Å². The fourth-order valence-electron chi connectivity index (χ4n) is 4.80. The van der Waals surface area contributed by atoms with Gasteiger partial charge in [0.1, 0.15) is 5.82 Å². The van der Waals surface area contributed by atoms with Gasteiger partial charge < -0.3 is 20.0 Å². The highest BCUT2D eigenvalue weighted by Gasteiger charge is 2.31. The van der Waals surface area contributed by atoms with E-state index in [1.54, 1.807) is 6.20 Å². The third-order valence-corrected chi connectivity index (χ3v) is 7.41. The van der Waals surface area contributed by atoms with Crippen molar-refractivity contribution >= 4 is 34.3 Å². The van der Waals surface area contributed by atoms with Gasteiger partial charge in [0.05, 0.1) is 5.56 Å². The fraction of sp³-hybridized carbons (Fsp3) is 0.667. The van der Waals surface area contributed by atoms with Crippen molar-refractivity contribution in [2.24, 2.45) is 11.8 Å². The maximum atomic E-state index is 12.3. The second kappa shape index (κ2) is 9.83. The van der Waals surface area contributed by atoms with Gasteiger partial charge in [-0.25, -0.2) is 4.98 Å². The smallest absolute Gasteiger partial charge is 0.253 e. The first-order valence-electron chi connectivity index (χ1n) is 12.0. The molecule has 4 rings (SSSR count). The Hall–Kier alpha value is -2.42. The van der Waals surface area contributed by atoms with E-state index >= 15 is 0 Å². The number of aromatic nitrogens is 3. The SMILES string of the molecule is CN(C)c1nsc(N2CCC(C3CCN(c4ccc(C(=O)NC(C)(C)C)cn4)CC3)CC2)n1. The third-order valence-electron chi connectivity index (χ3n) is 6.64. The molecule has 0 bridgehead atoms. The molecule has 9 heteroatoms. The molecule has 0 aromatic carbocycles. The van der Waals surface area contributed by atoms with Gasteiger partial charge in [0.15, 0.2) is 0 Å². The van der Waals surface area contributed by atoms with Crippen LogP contribution in [-0.2, 0) is 0 Å². The van der Waals surface area contributed by atoms with Crippen molar-refractivity contribution in [3.63, 3.8) is 0 Å². The zero-order valence-corrected chi connectivity index (χ0v) is 21.4. The highest BCUT2D eigenvalue weighted by Crippen LogP contribution is 2.35. The maximum absolute atomic E-state index is 12.3. The van der Waals surface area contributed by atoms with Crippen LogP contribution in [0.25, 0.3) is 0 Å². The number of anilines is 3. The summed E-state index contributed by atoms with van der Waals surface area (Å²) in [6.07, 6.45) is 6.59. The molecule has 2 aromatic rings. The summed E-state index contributed by atoms with van der Waals surface area (Å²) in [7, 11) is 3.97. The summed E-state index contributed by atoms with van der Waals surface area (Å²) in [5, 5.41) is 4.04. The summed E-state index contributed by atoms with van der Waals surface area (Å²) in [4.78, 5) is 28.3. The maximum Gasteiger partial charge on any atom is 0.253 e. The molecule has 0 saturated carbocycles. The Morgan fingerprint density at radius 3 is 2.12 bits per heavy atom. The van der Waals surface area contributed by atoms with Crippen LogP contribution in [-0.4, -0.2) is 66.1 Å². The van der Waals surface area contributed by atoms with Crippen LogP contribution < -0.4 is 20.0 Å². The molecule has 2 fully saturated rings. The summed E-state index contributed by atoms with van der Waals surface area (Å²) in [5.41, 5.74) is 0.364. The Morgan fingerprint density at radius 2 is 1.64 bits per heavy atom. The average Bonchev–Trinajstić information content (AvgIpc) is 3.29. The van der Waals surface area contributed by atoms with Gasteiger partial charge in [0.2, 0.25) is 11.1 Å².